The van der Waals surface area contributed by atoms with E-state index in [1.54, 1.807) is 12.1 Å². The summed E-state index contributed by atoms with van der Waals surface area (Å²) in [5.41, 5.74) is 3.75. The molecular weight excluding hydrogens is 303 g/mol. The monoisotopic (exact) mass is 328 g/mol. The van der Waals surface area contributed by atoms with Crippen molar-refractivity contribution < 1.29 is 9.18 Å². The highest BCUT2D eigenvalue weighted by Crippen LogP contribution is 2.69. The van der Waals surface area contributed by atoms with E-state index in [4.69, 9.17) is 0 Å². The van der Waals surface area contributed by atoms with Crippen LogP contribution < -0.4 is 5.43 Å². The predicted molar refractivity (Wildman–Crippen MR) is 92.0 cm³/mol. The van der Waals surface area contributed by atoms with Crippen molar-refractivity contribution in [2.75, 3.05) is 0 Å². The third-order valence-electron chi connectivity index (χ3n) is 6.34. The summed E-state index contributed by atoms with van der Waals surface area (Å²) in [4.78, 5) is 12.9. The fourth-order valence-corrected chi connectivity index (χ4v) is 6.57. The van der Waals surface area contributed by atoms with E-state index >= 15 is 0 Å². The summed E-state index contributed by atoms with van der Waals surface area (Å²) in [5.74, 6) is 0.429. The van der Waals surface area contributed by atoms with Crippen molar-refractivity contribution in [2.24, 2.45) is 27.3 Å². The molecule has 4 saturated carbocycles. The van der Waals surface area contributed by atoms with Gasteiger partial charge in [0.25, 0.3) is 0 Å². The maximum Gasteiger partial charge on any atom is 0.246 e. The minimum atomic E-state index is -0.299. The Hall–Kier alpha value is -1.71. The molecule has 4 fully saturated rings. The topological polar surface area (TPSA) is 41.5 Å². The van der Waals surface area contributed by atoms with Crippen LogP contribution in [0.5, 0.6) is 0 Å². The Bertz CT molecular complexity index is 695. The molecule has 5 rings (SSSR count). The Morgan fingerprint density at radius 1 is 1.21 bits per heavy atom. The summed E-state index contributed by atoms with van der Waals surface area (Å²) in [5, 5.41) is 4.09. The number of nitrogens with zero attached hydrogens (tertiary/aromatic N) is 1. The minimum Gasteiger partial charge on any atom is -0.273 e. The van der Waals surface area contributed by atoms with Crippen LogP contribution in [0.3, 0.4) is 0 Å². The molecule has 0 aromatic heterocycles. The molecule has 128 valence electrons. The number of amides is 1. The number of carbonyl (C=O) groups excluding carboxylic acids is 1. The van der Waals surface area contributed by atoms with Crippen LogP contribution >= 0.6 is 0 Å². The number of benzene rings is 1. The number of hydrazone groups is 1. The number of nitrogens with one attached hydrogen (secondary N) is 1. The highest BCUT2D eigenvalue weighted by molar-refractivity contribution is 5.86. The quantitative estimate of drug-likeness (QED) is 0.653. The average molecular weight is 328 g/mol. The zero-order valence-electron chi connectivity index (χ0n) is 14.4. The van der Waals surface area contributed by atoms with E-state index in [9.17, 15) is 9.18 Å². The SMILES string of the molecule is CC12CC3CC(C)(C1)CC(C(=O)N/N=C/c1cccc(F)c1)(C3)C2. The fraction of sp³-hybridized carbons (Fsp3) is 0.600. The van der Waals surface area contributed by atoms with E-state index in [1.807, 2.05) is 0 Å². The summed E-state index contributed by atoms with van der Waals surface area (Å²) in [6.07, 6.45) is 8.26. The summed E-state index contributed by atoms with van der Waals surface area (Å²) in [7, 11) is 0. The molecule has 1 N–H and O–H groups in total. The van der Waals surface area contributed by atoms with Gasteiger partial charge in [0, 0.05) is 0 Å². The number of carbonyl (C=O) groups is 1. The van der Waals surface area contributed by atoms with Crippen molar-refractivity contribution in [3.8, 4) is 0 Å². The molecule has 24 heavy (non-hydrogen) atoms. The zero-order chi connectivity index (χ0) is 17.0. The van der Waals surface area contributed by atoms with Crippen LogP contribution in [0.15, 0.2) is 29.4 Å². The maximum absolute atomic E-state index is 13.2. The van der Waals surface area contributed by atoms with Crippen molar-refractivity contribution >= 4 is 12.1 Å². The first-order valence-corrected chi connectivity index (χ1v) is 8.89. The molecule has 0 radical (unpaired) electrons. The van der Waals surface area contributed by atoms with Gasteiger partial charge in [-0.05, 0) is 73.0 Å². The molecule has 2 atom stereocenters. The van der Waals surface area contributed by atoms with Gasteiger partial charge in [-0.1, -0.05) is 26.0 Å². The Morgan fingerprint density at radius 3 is 2.54 bits per heavy atom. The molecule has 0 saturated heterocycles. The van der Waals surface area contributed by atoms with Gasteiger partial charge in [0.05, 0.1) is 11.6 Å². The van der Waals surface area contributed by atoms with Gasteiger partial charge in [0.1, 0.15) is 5.82 Å². The Kier molecular flexibility index (Phi) is 3.38. The lowest BCUT2D eigenvalue weighted by molar-refractivity contribution is -0.170. The first-order valence-electron chi connectivity index (χ1n) is 8.89. The smallest absolute Gasteiger partial charge is 0.246 e. The first kappa shape index (κ1) is 15.8. The minimum absolute atomic E-state index is 0.0525. The van der Waals surface area contributed by atoms with E-state index in [0.29, 0.717) is 22.3 Å². The molecular formula is C20H25FN2O. The average Bonchev–Trinajstić information content (AvgIpc) is 2.43. The summed E-state index contributed by atoms with van der Waals surface area (Å²) < 4.78 is 13.2. The summed E-state index contributed by atoms with van der Waals surface area (Å²) in [6, 6.07) is 6.21. The van der Waals surface area contributed by atoms with Gasteiger partial charge in [0.15, 0.2) is 0 Å². The van der Waals surface area contributed by atoms with Crippen molar-refractivity contribution in [3.05, 3.63) is 35.6 Å². The van der Waals surface area contributed by atoms with E-state index in [1.165, 1.54) is 37.6 Å². The number of halogens is 1. The molecule has 4 heteroatoms. The lowest BCUT2D eigenvalue weighted by Gasteiger charge is -2.64. The second-order valence-corrected chi connectivity index (χ2v) is 9.16. The standard InChI is InChI=1S/C20H25FN2O/c1-18-7-15-8-19(2,11-18)13-20(9-15,12-18)17(24)23-22-10-14-4-3-5-16(21)6-14/h3-6,10,15H,7-9,11-13H2,1-2H3,(H,23,24)/b22-10+. The molecule has 0 aliphatic heterocycles. The molecule has 3 nitrogen and oxygen atoms in total. The highest BCUT2D eigenvalue weighted by atomic mass is 19.1. The summed E-state index contributed by atoms with van der Waals surface area (Å²) in [6.45, 7) is 4.71. The van der Waals surface area contributed by atoms with Crippen molar-refractivity contribution in [3.63, 3.8) is 0 Å². The molecule has 1 amide bonds. The highest BCUT2D eigenvalue weighted by Gasteiger charge is 2.62. The summed E-state index contributed by atoms with van der Waals surface area (Å²) >= 11 is 0. The maximum atomic E-state index is 13.2. The van der Waals surface area contributed by atoms with Crippen LogP contribution in [-0.2, 0) is 4.79 Å². The number of hydrogen-bond donors (Lipinski definition) is 1. The lowest BCUT2D eigenvalue weighted by Crippen LogP contribution is -2.59. The van der Waals surface area contributed by atoms with Gasteiger partial charge in [-0.3, -0.25) is 4.79 Å². The molecule has 4 aliphatic carbocycles. The van der Waals surface area contributed by atoms with E-state index < -0.39 is 0 Å². The van der Waals surface area contributed by atoms with Crippen LogP contribution in [0, 0.1) is 28.0 Å². The lowest BCUT2D eigenvalue weighted by atomic mass is 9.40. The molecule has 0 heterocycles. The zero-order valence-corrected chi connectivity index (χ0v) is 14.4. The normalized spacial score (nSPS) is 40.2. The first-order chi connectivity index (χ1) is 11.3. The molecule has 0 spiro atoms. The Balaban J connectivity index is 1.50. The van der Waals surface area contributed by atoms with Crippen molar-refractivity contribution in [1.29, 1.82) is 0 Å². The number of rotatable bonds is 3. The van der Waals surface area contributed by atoms with E-state index in [0.717, 1.165) is 19.3 Å². The molecule has 4 bridgehead atoms. The van der Waals surface area contributed by atoms with Gasteiger partial charge in [-0.25, -0.2) is 9.82 Å². The fourth-order valence-electron chi connectivity index (χ4n) is 6.57. The molecule has 1 aromatic rings. The van der Waals surface area contributed by atoms with Crippen LogP contribution in [0.1, 0.15) is 57.9 Å². The molecule has 1 aromatic carbocycles. The largest absolute Gasteiger partial charge is 0.273 e. The molecule has 4 aliphatic rings. The molecule has 2 unspecified atom stereocenters. The third-order valence-corrected chi connectivity index (χ3v) is 6.34. The van der Waals surface area contributed by atoms with Crippen molar-refractivity contribution in [1.82, 2.24) is 5.43 Å². The van der Waals surface area contributed by atoms with Crippen LogP contribution in [0.2, 0.25) is 0 Å². The number of hydrogen-bond acceptors (Lipinski definition) is 2. The van der Waals surface area contributed by atoms with E-state index in [-0.39, 0.29) is 17.1 Å². The van der Waals surface area contributed by atoms with Gasteiger partial charge in [-0.15, -0.1) is 0 Å². The Morgan fingerprint density at radius 2 is 1.92 bits per heavy atom. The van der Waals surface area contributed by atoms with Crippen LogP contribution in [-0.4, -0.2) is 12.1 Å². The van der Waals surface area contributed by atoms with Gasteiger partial charge < -0.3 is 0 Å². The van der Waals surface area contributed by atoms with Gasteiger partial charge in [-0.2, -0.15) is 5.10 Å². The van der Waals surface area contributed by atoms with Gasteiger partial charge >= 0.3 is 0 Å². The Labute approximate surface area is 142 Å². The van der Waals surface area contributed by atoms with Crippen LogP contribution in [0.25, 0.3) is 0 Å². The third kappa shape index (κ3) is 2.66. The van der Waals surface area contributed by atoms with Gasteiger partial charge in [0.2, 0.25) is 5.91 Å². The van der Waals surface area contributed by atoms with Crippen LogP contribution in [0.4, 0.5) is 4.39 Å². The second kappa shape index (κ2) is 5.14. The predicted octanol–water partition coefficient (Wildman–Crippen LogP) is 4.27. The van der Waals surface area contributed by atoms with E-state index in [2.05, 4.69) is 24.4 Å². The van der Waals surface area contributed by atoms with Crippen molar-refractivity contribution in [2.45, 2.75) is 52.4 Å². The second-order valence-electron chi connectivity index (χ2n) is 9.16.